The summed E-state index contributed by atoms with van der Waals surface area (Å²) >= 11 is 0. The highest BCUT2D eigenvalue weighted by Gasteiger charge is 2.12. The van der Waals surface area contributed by atoms with Crippen LogP contribution >= 0.6 is 0 Å². The van der Waals surface area contributed by atoms with E-state index in [0.29, 0.717) is 22.8 Å². The lowest BCUT2D eigenvalue weighted by Gasteiger charge is -2.13. The van der Waals surface area contributed by atoms with E-state index in [0.717, 1.165) is 5.56 Å². The Labute approximate surface area is 128 Å². The fourth-order valence-electron chi connectivity index (χ4n) is 2.12. The van der Waals surface area contributed by atoms with Gasteiger partial charge >= 0.3 is 0 Å². The van der Waals surface area contributed by atoms with Crippen LogP contribution in [0.25, 0.3) is 0 Å². The van der Waals surface area contributed by atoms with Gasteiger partial charge in [0.2, 0.25) is 0 Å². The van der Waals surface area contributed by atoms with Crippen molar-refractivity contribution in [3.8, 4) is 11.5 Å². The molecule has 0 saturated carbocycles. The van der Waals surface area contributed by atoms with Gasteiger partial charge in [0.05, 0.1) is 14.2 Å². The minimum atomic E-state index is -0.425. The maximum absolute atomic E-state index is 12.4. The summed E-state index contributed by atoms with van der Waals surface area (Å²) in [5, 5.41) is 0. The number of carbonyl (C=O) groups is 1. The Kier molecular flexibility index (Phi) is 4.50. The maximum atomic E-state index is 12.4. The number of hydrogen-bond acceptors (Lipinski definition) is 4. The first-order valence-corrected chi connectivity index (χ1v) is 6.69. The highest BCUT2D eigenvalue weighted by atomic mass is 16.5. The van der Waals surface area contributed by atoms with Crippen molar-refractivity contribution < 1.29 is 14.3 Å². The summed E-state index contributed by atoms with van der Waals surface area (Å²) in [6.07, 6.45) is 0. The number of nitrogens with zero attached hydrogens (tertiary/aromatic N) is 1. The van der Waals surface area contributed by atoms with Crippen molar-refractivity contribution in [3.63, 3.8) is 0 Å². The lowest BCUT2D eigenvalue weighted by Crippen LogP contribution is -2.34. The third-order valence-corrected chi connectivity index (χ3v) is 3.19. The zero-order valence-corrected chi connectivity index (χ0v) is 13.0. The number of amides is 1. The van der Waals surface area contributed by atoms with Crippen LogP contribution < -0.4 is 20.5 Å². The number of benzene rings is 1. The zero-order chi connectivity index (χ0) is 16.3. The van der Waals surface area contributed by atoms with E-state index < -0.39 is 5.91 Å². The molecule has 0 aliphatic rings. The molecule has 0 saturated heterocycles. The van der Waals surface area contributed by atoms with E-state index in [1.54, 1.807) is 25.1 Å². The van der Waals surface area contributed by atoms with Crippen LogP contribution in [0.15, 0.2) is 35.1 Å². The molecule has 2 aromatic rings. The number of nitrogens with one attached hydrogen (secondary N) is 1. The average molecular weight is 302 g/mol. The van der Waals surface area contributed by atoms with Gasteiger partial charge in [-0.1, -0.05) is 0 Å². The van der Waals surface area contributed by atoms with Gasteiger partial charge in [0, 0.05) is 23.4 Å². The van der Waals surface area contributed by atoms with Gasteiger partial charge in [-0.3, -0.25) is 15.0 Å². The van der Waals surface area contributed by atoms with E-state index in [-0.39, 0.29) is 5.56 Å². The molecule has 1 aromatic heterocycles. The summed E-state index contributed by atoms with van der Waals surface area (Å²) in [6, 6.07) is 8.09. The largest absolute Gasteiger partial charge is 0.497 e. The third kappa shape index (κ3) is 3.28. The highest BCUT2D eigenvalue weighted by molar-refractivity contribution is 6.00. The van der Waals surface area contributed by atoms with E-state index in [9.17, 15) is 9.59 Å². The third-order valence-electron chi connectivity index (χ3n) is 3.19. The Bertz CT molecular complexity index is 743. The van der Waals surface area contributed by atoms with Crippen molar-refractivity contribution >= 4 is 5.91 Å². The number of aromatic nitrogens is 1. The minimum Gasteiger partial charge on any atom is -0.497 e. The molecule has 0 unspecified atom stereocenters. The molecule has 22 heavy (non-hydrogen) atoms. The van der Waals surface area contributed by atoms with Gasteiger partial charge in [-0.05, 0) is 37.6 Å². The molecule has 1 heterocycles. The summed E-state index contributed by atoms with van der Waals surface area (Å²) in [5.74, 6) is 0.571. The lowest BCUT2D eigenvalue weighted by molar-refractivity contribution is 0.101. The van der Waals surface area contributed by atoms with Crippen LogP contribution in [0.2, 0.25) is 0 Å². The molecular weight excluding hydrogens is 284 g/mol. The summed E-state index contributed by atoms with van der Waals surface area (Å²) in [7, 11) is 3.01. The molecule has 116 valence electrons. The number of hydrogen-bond donors (Lipinski definition) is 1. The van der Waals surface area contributed by atoms with Crippen LogP contribution in [0.4, 0.5) is 0 Å². The monoisotopic (exact) mass is 302 g/mol. The molecule has 0 fully saturated rings. The molecule has 0 aliphatic heterocycles. The standard InChI is InChI=1S/C16H18N2O4/c1-10-5-11(2)18(15(19)6-10)17-16(20)12-7-13(21-3)9-14(8-12)22-4/h5-9H,1-4H3,(H,17,20). The van der Waals surface area contributed by atoms with Crippen LogP contribution in [-0.2, 0) is 0 Å². The van der Waals surface area contributed by atoms with Crippen molar-refractivity contribution in [1.29, 1.82) is 0 Å². The highest BCUT2D eigenvalue weighted by Crippen LogP contribution is 2.22. The molecule has 6 heteroatoms. The Hall–Kier alpha value is -2.76. The summed E-state index contributed by atoms with van der Waals surface area (Å²) < 4.78 is 11.5. The van der Waals surface area contributed by atoms with Crippen molar-refractivity contribution in [2.45, 2.75) is 13.8 Å². The minimum absolute atomic E-state index is 0.291. The quantitative estimate of drug-likeness (QED) is 0.936. The number of ether oxygens (including phenoxy) is 2. The number of aryl methyl sites for hydroxylation is 2. The normalized spacial score (nSPS) is 10.2. The predicted molar refractivity (Wildman–Crippen MR) is 83.4 cm³/mol. The SMILES string of the molecule is COc1cc(OC)cc(C(=O)Nn2c(C)cc(C)cc2=O)c1. The zero-order valence-electron chi connectivity index (χ0n) is 13.0. The first-order chi connectivity index (χ1) is 10.4. The van der Waals surface area contributed by atoms with E-state index in [1.165, 1.54) is 25.0 Å². The molecule has 0 atom stereocenters. The second-order valence-electron chi connectivity index (χ2n) is 4.89. The second-order valence-corrected chi connectivity index (χ2v) is 4.89. The van der Waals surface area contributed by atoms with E-state index in [4.69, 9.17) is 9.47 Å². The predicted octanol–water partition coefficient (Wildman–Crippen LogP) is 1.87. The van der Waals surface area contributed by atoms with Crippen LogP contribution in [-0.4, -0.2) is 24.8 Å². The van der Waals surface area contributed by atoms with Crippen LogP contribution in [0.3, 0.4) is 0 Å². The fourth-order valence-corrected chi connectivity index (χ4v) is 2.12. The lowest BCUT2D eigenvalue weighted by atomic mass is 10.2. The Morgan fingerprint density at radius 2 is 1.59 bits per heavy atom. The van der Waals surface area contributed by atoms with Gasteiger partial charge in [0.1, 0.15) is 11.5 Å². The van der Waals surface area contributed by atoms with Gasteiger partial charge in [-0.25, -0.2) is 4.68 Å². The molecule has 1 aromatic carbocycles. The molecule has 0 radical (unpaired) electrons. The maximum Gasteiger partial charge on any atom is 0.270 e. The van der Waals surface area contributed by atoms with Crippen LogP contribution in [0.5, 0.6) is 11.5 Å². The number of rotatable bonds is 4. The molecular formula is C16H18N2O4. The molecule has 0 bridgehead atoms. The van der Waals surface area contributed by atoms with Gasteiger partial charge in [-0.15, -0.1) is 0 Å². The molecule has 0 aliphatic carbocycles. The molecule has 2 rings (SSSR count). The smallest absolute Gasteiger partial charge is 0.270 e. The Balaban J connectivity index is 2.36. The van der Waals surface area contributed by atoms with Gasteiger partial charge < -0.3 is 9.47 Å². The van der Waals surface area contributed by atoms with Gasteiger partial charge in [0.25, 0.3) is 11.5 Å². The van der Waals surface area contributed by atoms with E-state index >= 15 is 0 Å². The molecule has 1 amide bonds. The van der Waals surface area contributed by atoms with E-state index in [1.807, 2.05) is 13.0 Å². The molecule has 6 nitrogen and oxygen atoms in total. The summed E-state index contributed by atoms with van der Waals surface area (Å²) in [5.41, 5.74) is 4.11. The number of pyridine rings is 1. The Morgan fingerprint density at radius 3 is 2.09 bits per heavy atom. The van der Waals surface area contributed by atoms with Gasteiger partial charge in [-0.2, -0.15) is 0 Å². The van der Waals surface area contributed by atoms with Crippen molar-refractivity contribution in [2.24, 2.45) is 0 Å². The first kappa shape index (κ1) is 15.6. The summed E-state index contributed by atoms with van der Waals surface area (Å²) in [4.78, 5) is 24.3. The van der Waals surface area contributed by atoms with Crippen molar-refractivity contribution in [2.75, 3.05) is 19.6 Å². The van der Waals surface area contributed by atoms with Crippen molar-refractivity contribution in [1.82, 2.24) is 4.68 Å². The Morgan fingerprint density at radius 1 is 1.00 bits per heavy atom. The molecule has 1 N–H and O–H groups in total. The number of carbonyl (C=O) groups excluding carboxylic acids is 1. The summed E-state index contributed by atoms with van der Waals surface area (Å²) in [6.45, 7) is 3.58. The van der Waals surface area contributed by atoms with Crippen molar-refractivity contribution in [3.05, 3.63) is 57.5 Å². The topological polar surface area (TPSA) is 69.6 Å². The average Bonchev–Trinajstić information content (AvgIpc) is 2.49. The second kappa shape index (κ2) is 6.34. The van der Waals surface area contributed by atoms with Crippen LogP contribution in [0, 0.1) is 13.8 Å². The van der Waals surface area contributed by atoms with Crippen LogP contribution in [0.1, 0.15) is 21.6 Å². The van der Waals surface area contributed by atoms with Gasteiger partial charge in [0.15, 0.2) is 0 Å². The molecule has 0 spiro atoms. The fraction of sp³-hybridized carbons (Fsp3) is 0.250. The number of methoxy groups -OCH3 is 2. The first-order valence-electron chi connectivity index (χ1n) is 6.69. The van der Waals surface area contributed by atoms with E-state index in [2.05, 4.69) is 5.43 Å².